The maximum atomic E-state index is 10.9. The predicted molar refractivity (Wildman–Crippen MR) is 113 cm³/mol. The van der Waals surface area contributed by atoms with Crippen LogP contribution in [0.2, 0.25) is 0 Å². The summed E-state index contributed by atoms with van der Waals surface area (Å²) in [5.74, 6) is 0.0657. The highest BCUT2D eigenvalue weighted by atomic mass is 16.5. The number of piperazine rings is 1. The van der Waals surface area contributed by atoms with E-state index in [-0.39, 0.29) is 12.4 Å². The molecule has 0 unspecified atom stereocenters. The third-order valence-corrected chi connectivity index (χ3v) is 5.05. The first-order valence-corrected chi connectivity index (χ1v) is 10.0. The van der Waals surface area contributed by atoms with Crippen LogP contribution in [0.1, 0.15) is 24.1 Å². The summed E-state index contributed by atoms with van der Waals surface area (Å²) < 4.78 is 5.27. The molecule has 148 valence electrons. The largest absolute Gasteiger partial charge is 0.370 e. The lowest BCUT2D eigenvalue weighted by molar-refractivity contribution is -0.121. The van der Waals surface area contributed by atoms with Crippen molar-refractivity contribution in [3.8, 4) is 0 Å². The molecule has 4 nitrogen and oxygen atoms in total. The number of hydrogen-bond acceptors (Lipinski definition) is 4. The molecule has 0 amide bonds. The molecule has 0 bridgehead atoms. The van der Waals surface area contributed by atoms with Gasteiger partial charge in [-0.2, -0.15) is 0 Å². The Kier molecular flexibility index (Phi) is 7.97. The van der Waals surface area contributed by atoms with Gasteiger partial charge in [0.25, 0.3) is 0 Å². The van der Waals surface area contributed by atoms with Gasteiger partial charge in [0.2, 0.25) is 0 Å². The maximum absolute atomic E-state index is 10.9. The average molecular weight is 379 g/mol. The standard InChI is InChI=1S/C24H30N2O2/c1-21(27)20-28-19-9-8-14-25-15-17-26(18-16-25)24(22-10-4-2-5-11-22)23-12-6-3-7-13-23/h2-13,24H,14-20H2,1H3/b9-8-. The fourth-order valence-electron chi connectivity index (χ4n) is 3.65. The van der Waals surface area contributed by atoms with E-state index in [4.69, 9.17) is 4.74 Å². The summed E-state index contributed by atoms with van der Waals surface area (Å²) in [6.07, 6.45) is 4.15. The summed E-state index contributed by atoms with van der Waals surface area (Å²) in [6, 6.07) is 21.9. The SMILES string of the molecule is CC(=O)COC/C=C\CN1CCN(C(c2ccccc2)c2ccccc2)CC1. The van der Waals surface area contributed by atoms with E-state index in [0.29, 0.717) is 12.6 Å². The zero-order chi connectivity index (χ0) is 19.6. The van der Waals surface area contributed by atoms with Gasteiger partial charge in [-0.1, -0.05) is 72.8 Å². The Labute approximate surface area is 168 Å². The fourth-order valence-corrected chi connectivity index (χ4v) is 3.65. The van der Waals surface area contributed by atoms with Crippen molar-refractivity contribution in [3.63, 3.8) is 0 Å². The van der Waals surface area contributed by atoms with Crippen molar-refractivity contribution in [3.05, 3.63) is 83.9 Å². The van der Waals surface area contributed by atoms with Crippen LogP contribution in [0.3, 0.4) is 0 Å². The van der Waals surface area contributed by atoms with E-state index in [1.807, 2.05) is 6.08 Å². The minimum absolute atomic E-state index is 0.0657. The van der Waals surface area contributed by atoms with E-state index in [1.54, 1.807) is 6.92 Å². The van der Waals surface area contributed by atoms with Gasteiger partial charge in [0.15, 0.2) is 5.78 Å². The highest BCUT2D eigenvalue weighted by molar-refractivity contribution is 5.76. The van der Waals surface area contributed by atoms with E-state index in [9.17, 15) is 4.79 Å². The second-order valence-electron chi connectivity index (χ2n) is 7.25. The Bertz CT molecular complexity index is 698. The van der Waals surface area contributed by atoms with Crippen molar-refractivity contribution < 1.29 is 9.53 Å². The number of Topliss-reactive ketones (excluding diaryl/α,β-unsaturated/α-hetero) is 1. The van der Waals surface area contributed by atoms with Crippen LogP contribution in [0, 0.1) is 0 Å². The van der Waals surface area contributed by atoms with Crippen LogP contribution in [-0.4, -0.2) is 61.5 Å². The summed E-state index contributed by atoms with van der Waals surface area (Å²) in [7, 11) is 0. The number of carbonyl (C=O) groups excluding carboxylic acids is 1. The minimum Gasteiger partial charge on any atom is -0.370 e. The summed E-state index contributed by atoms with van der Waals surface area (Å²) in [5, 5.41) is 0. The van der Waals surface area contributed by atoms with Crippen LogP contribution in [0.4, 0.5) is 0 Å². The number of benzene rings is 2. The molecule has 1 fully saturated rings. The van der Waals surface area contributed by atoms with Gasteiger partial charge in [-0.25, -0.2) is 0 Å². The second-order valence-corrected chi connectivity index (χ2v) is 7.25. The van der Waals surface area contributed by atoms with Gasteiger partial charge in [0.1, 0.15) is 6.61 Å². The molecular weight excluding hydrogens is 348 g/mol. The minimum atomic E-state index is 0.0657. The molecule has 1 aliphatic rings. The van der Waals surface area contributed by atoms with Crippen LogP contribution < -0.4 is 0 Å². The van der Waals surface area contributed by atoms with Crippen molar-refractivity contribution in [2.24, 2.45) is 0 Å². The Hall–Kier alpha value is -2.27. The van der Waals surface area contributed by atoms with Crippen molar-refractivity contribution in [2.45, 2.75) is 13.0 Å². The number of rotatable bonds is 9. The molecule has 28 heavy (non-hydrogen) atoms. The lowest BCUT2D eigenvalue weighted by Crippen LogP contribution is -2.47. The highest BCUT2D eigenvalue weighted by Crippen LogP contribution is 2.29. The van der Waals surface area contributed by atoms with E-state index < -0.39 is 0 Å². The molecule has 1 saturated heterocycles. The zero-order valence-electron chi connectivity index (χ0n) is 16.7. The van der Waals surface area contributed by atoms with Gasteiger partial charge in [-0.15, -0.1) is 0 Å². The number of carbonyl (C=O) groups is 1. The fraction of sp³-hybridized carbons (Fsp3) is 0.375. The Morgan fingerprint density at radius 3 is 2.04 bits per heavy atom. The molecule has 4 heteroatoms. The summed E-state index contributed by atoms with van der Waals surface area (Å²) >= 11 is 0. The predicted octanol–water partition coefficient (Wildman–Crippen LogP) is 3.56. The molecule has 2 aromatic rings. The lowest BCUT2D eigenvalue weighted by Gasteiger charge is -2.39. The summed E-state index contributed by atoms with van der Waals surface area (Å²) in [6.45, 7) is 7.36. The van der Waals surface area contributed by atoms with Crippen LogP contribution in [-0.2, 0) is 9.53 Å². The first-order valence-electron chi connectivity index (χ1n) is 10.0. The van der Waals surface area contributed by atoms with Gasteiger partial charge in [-0.3, -0.25) is 14.6 Å². The van der Waals surface area contributed by atoms with Crippen LogP contribution >= 0.6 is 0 Å². The van der Waals surface area contributed by atoms with Gasteiger partial charge in [0.05, 0.1) is 12.6 Å². The van der Waals surface area contributed by atoms with E-state index in [2.05, 4.69) is 76.5 Å². The molecule has 0 saturated carbocycles. The highest BCUT2D eigenvalue weighted by Gasteiger charge is 2.25. The van der Waals surface area contributed by atoms with Crippen LogP contribution in [0.5, 0.6) is 0 Å². The molecule has 0 spiro atoms. The van der Waals surface area contributed by atoms with Crippen LogP contribution in [0.25, 0.3) is 0 Å². The molecular formula is C24H30N2O2. The molecule has 0 aromatic heterocycles. The molecule has 0 atom stereocenters. The third kappa shape index (κ3) is 6.13. The first kappa shape index (κ1) is 20.5. The lowest BCUT2D eigenvalue weighted by atomic mass is 9.96. The first-order chi connectivity index (χ1) is 13.7. The molecule has 3 rings (SSSR count). The molecule has 0 radical (unpaired) electrons. The normalized spacial score (nSPS) is 16.1. The van der Waals surface area contributed by atoms with Crippen LogP contribution in [0.15, 0.2) is 72.8 Å². The van der Waals surface area contributed by atoms with E-state index >= 15 is 0 Å². The molecule has 1 heterocycles. The quantitative estimate of drug-likeness (QED) is 0.493. The Balaban J connectivity index is 1.54. The topological polar surface area (TPSA) is 32.8 Å². The zero-order valence-corrected chi connectivity index (χ0v) is 16.7. The van der Waals surface area contributed by atoms with E-state index in [1.165, 1.54) is 11.1 Å². The third-order valence-electron chi connectivity index (χ3n) is 5.05. The monoisotopic (exact) mass is 378 g/mol. The molecule has 0 aliphatic carbocycles. The number of ether oxygens (including phenoxy) is 1. The number of ketones is 1. The Morgan fingerprint density at radius 2 is 1.50 bits per heavy atom. The number of nitrogens with zero attached hydrogens (tertiary/aromatic N) is 2. The average Bonchev–Trinajstić information content (AvgIpc) is 2.73. The maximum Gasteiger partial charge on any atom is 0.155 e. The molecule has 0 N–H and O–H groups in total. The van der Waals surface area contributed by atoms with E-state index in [0.717, 1.165) is 32.7 Å². The van der Waals surface area contributed by atoms with Crippen molar-refractivity contribution >= 4 is 5.78 Å². The van der Waals surface area contributed by atoms with Crippen molar-refractivity contribution in [2.75, 3.05) is 45.9 Å². The smallest absolute Gasteiger partial charge is 0.155 e. The van der Waals surface area contributed by atoms with Crippen molar-refractivity contribution in [1.29, 1.82) is 0 Å². The van der Waals surface area contributed by atoms with Gasteiger partial charge in [-0.05, 0) is 18.1 Å². The molecule has 2 aromatic carbocycles. The van der Waals surface area contributed by atoms with Gasteiger partial charge < -0.3 is 4.74 Å². The summed E-state index contributed by atoms with van der Waals surface area (Å²) in [4.78, 5) is 15.9. The van der Waals surface area contributed by atoms with Crippen molar-refractivity contribution in [1.82, 2.24) is 9.80 Å². The van der Waals surface area contributed by atoms with Gasteiger partial charge in [0, 0.05) is 32.7 Å². The van der Waals surface area contributed by atoms with Gasteiger partial charge >= 0.3 is 0 Å². The molecule has 1 aliphatic heterocycles. The Morgan fingerprint density at radius 1 is 0.929 bits per heavy atom. The number of hydrogen-bond donors (Lipinski definition) is 0. The second kappa shape index (κ2) is 10.9. The summed E-state index contributed by atoms with van der Waals surface area (Å²) in [5.41, 5.74) is 2.70.